The Bertz CT molecular complexity index is 1280. The van der Waals surface area contributed by atoms with Crippen LogP contribution in [0.2, 0.25) is 0 Å². The highest BCUT2D eigenvalue weighted by Crippen LogP contribution is 2.24. The van der Waals surface area contributed by atoms with E-state index in [4.69, 9.17) is 4.74 Å². The van der Waals surface area contributed by atoms with Crippen LogP contribution in [0, 0.1) is 26.6 Å². The van der Waals surface area contributed by atoms with E-state index in [-0.39, 0.29) is 29.8 Å². The van der Waals surface area contributed by atoms with Crippen molar-refractivity contribution in [2.24, 2.45) is 0 Å². The topological polar surface area (TPSA) is 75.7 Å². The maximum absolute atomic E-state index is 13.8. The molecule has 174 valence electrons. The third kappa shape index (κ3) is 6.10. The SMILES string of the molecule is Cc1ccc(NS(=O)(=O)c2ccc(OCC(=O)N(C)Cc3ccccc3F)c(C)c2)cc1C. The molecule has 3 aromatic rings. The Morgan fingerprint density at radius 2 is 1.70 bits per heavy atom. The number of anilines is 1. The molecule has 6 nitrogen and oxygen atoms in total. The highest BCUT2D eigenvalue weighted by atomic mass is 32.2. The number of benzene rings is 3. The van der Waals surface area contributed by atoms with E-state index in [0.29, 0.717) is 22.6 Å². The van der Waals surface area contributed by atoms with Crippen LogP contribution in [0.1, 0.15) is 22.3 Å². The first-order chi connectivity index (χ1) is 15.6. The van der Waals surface area contributed by atoms with Crippen molar-refractivity contribution in [2.45, 2.75) is 32.2 Å². The molecule has 0 saturated heterocycles. The lowest BCUT2D eigenvalue weighted by atomic mass is 10.1. The summed E-state index contributed by atoms with van der Waals surface area (Å²) in [5.41, 5.74) is 3.53. The van der Waals surface area contributed by atoms with Gasteiger partial charge in [-0.3, -0.25) is 9.52 Å². The average molecular weight is 471 g/mol. The number of likely N-dealkylation sites (N-methyl/N-ethyl adjacent to an activating group) is 1. The molecule has 0 fully saturated rings. The first kappa shape index (κ1) is 24.3. The van der Waals surface area contributed by atoms with Crippen molar-refractivity contribution in [3.05, 3.63) is 88.7 Å². The lowest BCUT2D eigenvalue weighted by Crippen LogP contribution is -2.31. The summed E-state index contributed by atoms with van der Waals surface area (Å²) >= 11 is 0. The van der Waals surface area contributed by atoms with E-state index in [1.165, 1.54) is 29.2 Å². The lowest BCUT2D eigenvalue weighted by molar-refractivity contribution is -0.132. The fourth-order valence-electron chi connectivity index (χ4n) is 3.19. The molecule has 1 amide bonds. The monoisotopic (exact) mass is 470 g/mol. The molecule has 0 aliphatic carbocycles. The van der Waals surface area contributed by atoms with Crippen LogP contribution in [0.25, 0.3) is 0 Å². The highest BCUT2D eigenvalue weighted by Gasteiger charge is 2.17. The number of halogens is 1. The first-order valence-electron chi connectivity index (χ1n) is 10.4. The van der Waals surface area contributed by atoms with E-state index in [1.807, 2.05) is 19.9 Å². The second-order valence-electron chi connectivity index (χ2n) is 7.96. The van der Waals surface area contributed by atoms with Crippen LogP contribution in [0.5, 0.6) is 5.75 Å². The van der Waals surface area contributed by atoms with Crippen LogP contribution in [0.15, 0.2) is 65.6 Å². The Labute approximate surface area is 194 Å². The van der Waals surface area contributed by atoms with Gasteiger partial charge in [0.1, 0.15) is 11.6 Å². The number of hydrogen-bond donors (Lipinski definition) is 1. The van der Waals surface area contributed by atoms with Crippen LogP contribution in [-0.2, 0) is 21.4 Å². The molecule has 33 heavy (non-hydrogen) atoms. The molecule has 0 aromatic heterocycles. The van der Waals surface area contributed by atoms with Gasteiger partial charge in [-0.05, 0) is 73.9 Å². The number of hydrogen-bond acceptors (Lipinski definition) is 4. The van der Waals surface area contributed by atoms with Gasteiger partial charge < -0.3 is 9.64 Å². The van der Waals surface area contributed by atoms with Crippen molar-refractivity contribution >= 4 is 21.6 Å². The van der Waals surface area contributed by atoms with Crippen LogP contribution in [-0.4, -0.2) is 32.9 Å². The fraction of sp³-hybridized carbons (Fsp3) is 0.240. The predicted molar refractivity (Wildman–Crippen MR) is 126 cm³/mol. The number of ether oxygens (including phenoxy) is 1. The first-order valence-corrected chi connectivity index (χ1v) is 11.9. The van der Waals surface area contributed by atoms with Crippen LogP contribution >= 0.6 is 0 Å². The number of nitrogens with zero attached hydrogens (tertiary/aromatic N) is 1. The van der Waals surface area contributed by atoms with E-state index in [1.54, 1.807) is 44.3 Å². The fourth-order valence-corrected chi connectivity index (χ4v) is 4.32. The number of nitrogens with one attached hydrogen (secondary N) is 1. The van der Waals surface area contributed by atoms with E-state index in [2.05, 4.69) is 4.72 Å². The summed E-state index contributed by atoms with van der Waals surface area (Å²) in [4.78, 5) is 13.9. The average Bonchev–Trinajstić information content (AvgIpc) is 2.76. The van der Waals surface area contributed by atoms with Crippen molar-refractivity contribution < 1.29 is 22.3 Å². The number of carbonyl (C=O) groups excluding carboxylic acids is 1. The van der Waals surface area contributed by atoms with Gasteiger partial charge >= 0.3 is 0 Å². The van der Waals surface area contributed by atoms with Gasteiger partial charge in [-0.2, -0.15) is 0 Å². The molecule has 0 unspecified atom stereocenters. The molecule has 0 atom stereocenters. The summed E-state index contributed by atoms with van der Waals surface area (Å²) in [6.45, 7) is 5.45. The van der Waals surface area contributed by atoms with Gasteiger partial charge in [-0.15, -0.1) is 0 Å². The molecule has 0 radical (unpaired) electrons. The van der Waals surface area contributed by atoms with Gasteiger partial charge in [0.05, 0.1) is 4.90 Å². The summed E-state index contributed by atoms with van der Waals surface area (Å²) in [5.74, 6) is -0.307. The summed E-state index contributed by atoms with van der Waals surface area (Å²) in [6.07, 6.45) is 0. The zero-order valence-corrected chi connectivity index (χ0v) is 19.9. The molecule has 3 rings (SSSR count). The molecule has 8 heteroatoms. The Hall–Kier alpha value is -3.39. The number of aryl methyl sites for hydroxylation is 3. The zero-order valence-electron chi connectivity index (χ0n) is 19.1. The smallest absolute Gasteiger partial charge is 0.261 e. The van der Waals surface area contributed by atoms with Crippen LogP contribution < -0.4 is 9.46 Å². The summed E-state index contributed by atoms with van der Waals surface area (Å²) in [6, 6.07) is 16.1. The maximum atomic E-state index is 13.8. The van der Waals surface area contributed by atoms with Crippen molar-refractivity contribution in [3.63, 3.8) is 0 Å². The molecular weight excluding hydrogens is 443 g/mol. The van der Waals surface area contributed by atoms with Gasteiger partial charge in [0, 0.05) is 24.8 Å². The Kier molecular flexibility index (Phi) is 7.38. The molecule has 0 aliphatic heterocycles. The van der Waals surface area contributed by atoms with Gasteiger partial charge in [0.2, 0.25) is 0 Å². The third-order valence-corrected chi connectivity index (χ3v) is 6.74. The maximum Gasteiger partial charge on any atom is 0.261 e. The minimum absolute atomic E-state index is 0.0913. The van der Waals surface area contributed by atoms with Crippen molar-refractivity contribution in [2.75, 3.05) is 18.4 Å². The van der Waals surface area contributed by atoms with E-state index >= 15 is 0 Å². The minimum atomic E-state index is -3.78. The number of sulfonamides is 1. The standard InChI is InChI=1S/C25H27FN2O4S/c1-17-9-10-21(13-18(17)2)27-33(30,31)22-11-12-24(19(3)14-22)32-16-25(29)28(4)15-20-7-5-6-8-23(20)26/h5-14,27H,15-16H2,1-4H3. The molecule has 0 spiro atoms. The van der Waals surface area contributed by atoms with Crippen LogP contribution in [0.3, 0.4) is 0 Å². The Morgan fingerprint density at radius 1 is 0.970 bits per heavy atom. The molecule has 0 heterocycles. The Balaban J connectivity index is 1.64. The van der Waals surface area contributed by atoms with Crippen molar-refractivity contribution in [1.82, 2.24) is 4.90 Å². The van der Waals surface area contributed by atoms with E-state index in [9.17, 15) is 17.6 Å². The molecule has 0 saturated carbocycles. The summed E-state index contributed by atoms with van der Waals surface area (Å²) in [7, 11) is -2.21. The van der Waals surface area contributed by atoms with Gasteiger partial charge in [0.25, 0.3) is 15.9 Å². The third-order valence-electron chi connectivity index (χ3n) is 5.36. The molecule has 1 N–H and O–H groups in total. The Morgan fingerprint density at radius 3 is 2.36 bits per heavy atom. The summed E-state index contributed by atoms with van der Waals surface area (Å²) < 4.78 is 47.5. The minimum Gasteiger partial charge on any atom is -0.483 e. The number of amides is 1. The van der Waals surface area contributed by atoms with E-state index < -0.39 is 10.0 Å². The zero-order chi connectivity index (χ0) is 24.2. The van der Waals surface area contributed by atoms with Gasteiger partial charge in [-0.1, -0.05) is 24.3 Å². The molecule has 0 aliphatic rings. The van der Waals surface area contributed by atoms with E-state index in [0.717, 1.165) is 11.1 Å². The number of rotatable bonds is 8. The normalized spacial score (nSPS) is 11.2. The molecule has 3 aromatic carbocycles. The largest absolute Gasteiger partial charge is 0.483 e. The highest BCUT2D eigenvalue weighted by molar-refractivity contribution is 7.92. The lowest BCUT2D eigenvalue weighted by Gasteiger charge is -2.18. The van der Waals surface area contributed by atoms with Gasteiger partial charge in [-0.25, -0.2) is 12.8 Å². The molecular formula is C25H27FN2O4S. The van der Waals surface area contributed by atoms with Crippen molar-refractivity contribution in [3.8, 4) is 5.75 Å². The molecule has 0 bridgehead atoms. The predicted octanol–water partition coefficient (Wildman–Crippen LogP) is 4.59. The second kappa shape index (κ2) is 10.0. The van der Waals surface area contributed by atoms with Crippen LogP contribution in [0.4, 0.5) is 10.1 Å². The quantitative estimate of drug-likeness (QED) is 0.523. The van der Waals surface area contributed by atoms with Crippen molar-refractivity contribution in [1.29, 1.82) is 0 Å². The second-order valence-corrected chi connectivity index (χ2v) is 9.64. The number of carbonyl (C=O) groups is 1. The van der Waals surface area contributed by atoms with Gasteiger partial charge in [0.15, 0.2) is 6.61 Å². The summed E-state index contributed by atoms with van der Waals surface area (Å²) in [5, 5.41) is 0.